The fourth-order valence-corrected chi connectivity index (χ4v) is 4.89. The minimum Gasteiger partial charge on any atom is -0.390 e. The predicted octanol–water partition coefficient (Wildman–Crippen LogP) is 3.92. The molecule has 1 aliphatic rings. The van der Waals surface area contributed by atoms with E-state index < -0.39 is 36.0 Å². The summed E-state index contributed by atoms with van der Waals surface area (Å²) in [6.07, 6.45) is 9.29. The first-order valence-electron chi connectivity index (χ1n) is 12.7. The summed E-state index contributed by atoms with van der Waals surface area (Å²) in [4.78, 5) is 25.6. The van der Waals surface area contributed by atoms with Gasteiger partial charge in [0.05, 0.1) is 12.1 Å². The number of unbranched alkanes of at least 4 members (excludes halogenated alkanes) is 2. The maximum Gasteiger partial charge on any atom is 0.224 e. The lowest BCUT2D eigenvalue weighted by atomic mass is 9.80. The first-order chi connectivity index (χ1) is 14.7. The third kappa shape index (κ3) is 9.48. The normalized spacial score (nSPS) is 20.1. The highest BCUT2D eigenvalue weighted by Crippen LogP contribution is 2.30. The summed E-state index contributed by atoms with van der Waals surface area (Å²) in [5.41, 5.74) is 5.71. The zero-order valence-corrected chi connectivity index (χ0v) is 20.3. The number of hydrogen-bond donors (Lipinski definition) is 4. The van der Waals surface area contributed by atoms with Gasteiger partial charge in [-0.25, -0.2) is 0 Å². The molecule has 0 saturated heterocycles. The van der Waals surface area contributed by atoms with Crippen molar-refractivity contribution in [1.82, 2.24) is 5.32 Å². The summed E-state index contributed by atoms with van der Waals surface area (Å²) in [6.45, 7) is 7.86. The SMILES string of the molecule is CCCCC(C(=O)N[C@@H](CC1CCCCC1)[C@H](O)[C@@H](O)C(C)C)[C@H](CCCC)C(N)=O. The minimum atomic E-state index is -1.03. The van der Waals surface area contributed by atoms with Gasteiger partial charge < -0.3 is 21.3 Å². The number of carbonyl (C=O) groups excluding carboxylic acids is 2. The third-order valence-electron chi connectivity index (χ3n) is 7.01. The number of hydrogen-bond acceptors (Lipinski definition) is 4. The second-order valence-electron chi connectivity index (χ2n) is 9.98. The van der Waals surface area contributed by atoms with Gasteiger partial charge in [0.25, 0.3) is 0 Å². The minimum absolute atomic E-state index is 0.112. The summed E-state index contributed by atoms with van der Waals surface area (Å²) in [6, 6.07) is -0.517. The Hall–Kier alpha value is -1.14. The molecule has 0 aromatic carbocycles. The molecule has 1 saturated carbocycles. The first-order valence-corrected chi connectivity index (χ1v) is 12.7. The van der Waals surface area contributed by atoms with Gasteiger partial charge in [-0.15, -0.1) is 0 Å². The molecule has 1 rings (SSSR count). The number of nitrogens with two attached hydrogens (primary N) is 1. The van der Waals surface area contributed by atoms with Crippen molar-refractivity contribution in [1.29, 1.82) is 0 Å². The lowest BCUT2D eigenvalue weighted by Crippen LogP contribution is -2.53. The average Bonchev–Trinajstić information content (AvgIpc) is 2.74. The Bertz CT molecular complexity index is 520. The van der Waals surface area contributed by atoms with Gasteiger partial charge in [0.2, 0.25) is 11.8 Å². The molecule has 0 bridgehead atoms. The number of rotatable bonds is 15. The average molecular weight is 441 g/mol. The van der Waals surface area contributed by atoms with Crippen LogP contribution in [0, 0.1) is 23.7 Å². The van der Waals surface area contributed by atoms with Crippen molar-refractivity contribution in [3.63, 3.8) is 0 Å². The van der Waals surface area contributed by atoms with Crippen LogP contribution in [0.25, 0.3) is 0 Å². The zero-order chi connectivity index (χ0) is 23.4. The van der Waals surface area contributed by atoms with E-state index in [1.54, 1.807) is 0 Å². The number of primary amides is 1. The molecule has 6 heteroatoms. The van der Waals surface area contributed by atoms with Crippen molar-refractivity contribution in [3.8, 4) is 0 Å². The van der Waals surface area contributed by atoms with Crippen LogP contribution >= 0.6 is 0 Å². The van der Waals surface area contributed by atoms with E-state index in [0.717, 1.165) is 38.5 Å². The van der Waals surface area contributed by atoms with Crippen LogP contribution in [0.15, 0.2) is 0 Å². The van der Waals surface area contributed by atoms with Crippen LogP contribution in [-0.2, 0) is 9.59 Å². The largest absolute Gasteiger partial charge is 0.390 e. The van der Waals surface area contributed by atoms with Crippen molar-refractivity contribution < 1.29 is 19.8 Å². The Morgan fingerprint density at radius 1 is 0.935 bits per heavy atom. The molecule has 0 aromatic rings. The van der Waals surface area contributed by atoms with E-state index in [-0.39, 0.29) is 11.8 Å². The van der Waals surface area contributed by atoms with Crippen molar-refractivity contribution in [2.24, 2.45) is 29.4 Å². The van der Waals surface area contributed by atoms with Gasteiger partial charge >= 0.3 is 0 Å². The maximum absolute atomic E-state index is 13.4. The molecular weight excluding hydrogens is 392 g/mol. The second kappa shape index (κ2) is 14.8. The van der Waals surface area contributed by atoms with Crippen LogP contribution in [0.2, 0.25) is 0 Å². The lowest BCUT2D eigenvalue weighted by Gasteiger charge is -2.35. The van der Waals surface area contributed by atoms with Crippen molar-refractivity contribution >= 4 is 11.8 Å². The monoisotopic (exact) mass is 440 g/mol. The van der Waals surface area contributed by atoms with Gasteiger partial charge in [-0.3, -0.25) is 9.59 Å². The van der Waals surface area contributed by atoms with E-state index in [9.17, 15) is 19.8 Å². The zero-order valence-electron chi connectivity index (χ0n) is 20.3. The Balaban J connectivity index is 3.03. The molecule has 182 valence electrons. The molecule has 1 unspecified atom stereocenters. The summed E-state index contributed by atoms with van der Waals surface area (Å²) < 4.78 is 0. The van der Waals surface area contributed by atoms with Gasteiger partial charge in [-0.2, -0.15) is 0 Å². The van der Waals surface area contributed by atoms with Crippen molar-refractivity contribution in [2.45, 2.75) is 123 Å². The third-order valence-corrected chi connectivity index (χ3v) is 7.01. The van der Waals surface area contributed by atoms with Gasteiger partial charge in [0, 0.05) is 11.8 Å². The smallest absolute Gasteiger partial charge is 0.224 e. The van der Waals surface area contributed by atoms with E-state index in [1.807, 2.05) is 13.8 Å². The first kappa shape index (κ1) is 27.9. The molecule has 1 fully saturated rings. The van der Waals surface area contributed by atoms with E-state index >= 15 is 0 Å². The van der Waals surface area contributed by atoms with Crippen LogP contribution in [0.1, 0.15) is 105 Å². The molecule has 0 aromatic heterocycles. The van der Waals surface area contributed by atoms with Crippen molar-refractivity contribution in [3.05, 3.63) is 0 Å². The fraction of sp³-hybridized carbons (Fsp3) is 0.920. The molecule has 6 nitrogen and oxygen atoms in total. The van der Waals surface area contributed by atoms with E-state index in [4.69, 9.17) is 5.73 Å². The van der Waals surface area contributed by atoms with Gasteiger partial charge in [-0.1, -0.05) is 85.5 Å². The molecule has 5 N–H and O–H groups in total. The number of amides is 2. The number of nitrogens with one attached hydrogen (secondary N) is 1. The Morgan fingerprint density at radius 2 is 1.48 bits per heavy atom. The Kier molecular flexibility index (Phi) is 13.3. The molecule has 1 aliphatic carbocycles. The van der Waals surface area contributed by atoms with Gasteiger partial charge in [-0.05, 0) is 31.1 Å². The molecule has 2 amide bonds. The quantitative estimate of drug-likeness (QED) is 0.309. The topological polar surface area (TPSA) is 113 Å². The molecule has 0 spiro atoms. The van der Waals surface area contributed by atoms with Crippen LogP contribution in [0.4, 0.5) is 0 Å². The van der Waals surface area contributed by atoms with E-state index in [2.05, 4.69) is 19.2 Å². The highest BCUT2D eigenvalue weighted by atomic mass is 16.3. The van der Waals surface area contributed by atoms with E-state index in [1.165, 1.54) is 19.3 Å². The summed E-state index contributed by atoms with van der Waals surface area (Å²) >= 11 is 0. The highest BCUT2D eigenvalue weighted by molar-refractivity contribution is 5.87. The van der Waals surface area contributed by atoms with Crippen LogP contribution in [0.5, 0.6) is 0 Å². The number of aliphatic hydroxyl groups excluding tert-OH is 2. The number of carbonyl (C=O) groups is 2. The van der Waals surface area contributed by atoms with Crippen LogP contribution < -0.4 is 11.1 Å². The standard InChI is InChI=1S/C25H48N2O4/c1-5-7-14-19(24(26)30)20(15-8-6-2)25(31)27-21(23(29)22(28)17(3)4)16-18-12-10-9-11-13-18/h17-23,28-29H,5-16H2,1-4H3,(H2,26,30)(H,27,31)/t19-,20?,21-,22-,23-/m0/s1. The summed E-state index contributed by atoms with van der Waals surface area (Å²) in [5.74, 6) is -1.27. The summed E-state index contributed by atoms with van der Waals surface area (Å²) in [5, 5.41) is 24.5. The lowest BCUT2D eigenvalue weighted by molar-refractivity contribution is -0.136. The molecule has 0 aliphatic heterocycles. The second-order valence-corrected chi connectivity index (χ2v) is 9.98. The molecule has 5 atom stereocenters. The molecule has 31 heavy (non-hydrogen) atoms. The maximum atomic E-state index is 13.4. The number of aliphatic hydroxyl groups is 2. The summed E-state index contributed by atoms with van der Waals surface area (Å²) in [7, 11) is 0. The van der Waals surface area contributed by atoms with Crippen LogP contribution in [-0.4, -0.2) is 40.3 Å². The highest BCUT2D eigenvalue weighted by Gasteiger charge is 2.36. The molecule has 0 radical (unpaired) electrons. The van der Waals surface area contributed by atoms with Gasteiger partial charge in [0.1, 0.15) is 6.10 Å². The molecule has 0 heterocycles. The van der Waals surface area contributed by atoms with Gasteiger partial charge in [0.15, 0.2) is 0 Å². The Morgan fingerprint density at radius 3 is 1.97 bits per heavy atom. The fourth-order valence-electron chi connectivity index (χ4n) is 4.89. The molecular formula is C25H48N2O4. The van der Waals surface area contributed by atoms with Crippen molar-refractivity contribution in [2.75, 3.05) is 0 Å². The van der Waals surface area contributed by atoms with Crippen LogP contribution in [0.3, 0.4) is 0 Å². The van der Waals surface area contributed by atoms with E-state index in [0.29, 0.717) is 25.2 Å². The Labute approximate surface area is 189 Å². The predicted molar refractivity (Wildman–Crippen MR) is 125 cm³/mol.